The largest absolute Gasteiger partial charge is 0.337 e. The Morgan fingerprint density at radius 2 is 1.76 bits per heavy atom. The summed E-state index contributed by atoms with van der Waals surface area (Å²) < 4.78 is 51.8. The fourth-order valence-corrected chi connectivity index (χ4v) is 3.50. The predicted molar refractivity (Wildman–Crippen MR) is 71.9 cm³/mol. The molecule has 2 rings (SSSR count). The number of amides is 1. The quantitative estimate of drug-likeness (QED) is 0.781. The van der Waals surface area contributed by atoms with E-state index in [0.29, 0.717) is 6.07 Å². The van der Waals surface area contributed by atoms with Crippen LogP contribution in [0.15, 0.2) is 35.7 Å². The van der Waals surface area contributed by atoms with Crippen molar-refractivity contribution >= 4 is 15.9 Å². The molecule has 1 fully saturated rings. The average molecular weight is 316 g/mol. The van der Waals surface area contributed by atoms with Crippen molar-refractivity contribution in [3.05, 3.63) is 42.5 Å². The minimum atomic E-state index is -3.89. The van der Waals surface area contributed by atoms with E-state index < -0.39 is 21.7 Å². The Kier molecular flexibility index (Phi) is 4.38. The molecule has 5 nitrogen and oxygen atoms in total. The Bertz CT molecular complexity index is 668. The molecule has 1 aliphatic rings. The standard InChI is InChI=1S/C13H14F2N2O3S/c1-2-13(18)16-5-7-17(8-6-16)21(19,20)10-3-4-11(14)12(15)9-10/h2-4,9H,1,5-8H2. The lowest BCUT2D eigenvalue weighted by molar-refractivity contribution is -0.127. The zero-order chi connectivity index (χ0) is 15.6. The number of halogens is 2. The lowest BCUT2D eigenvalue weighted by Gasteiger charge is -2.33. The van der Waals surface area contributed by atoms with Crippen LogP contribution >= 0.6 is 0 Å². The summed E-state index contributed by atoms with van der Waals surface area (Å²) in [4.78, 5) is 12.6. The van der Waals surface area contributed by atoms with E-state index in [-0.39, 0.29) is 37.0 Å². The maximum Gasteiger partial charge on any atom is 0.246 e. The number of piperazine rings is 1. The molecule has 0 aromatic heterocycles. The van der Waals surface area contributed by atoms with Gasteiger partial charge < -0.3 is 4.90 Å². The second-order valence-electron chi connectivity index (χ2n) is 4.51. The minimum Gasteiger partial charge on any atom is -0.337 e. The van der Waals surface area contributed by atoms with Gasteiger partial charge in [0.2, 0.25) is 15.9 Å². The van der Waals surface area contributed by atoms with Gasteiger partial charge in [-0.15, -0.1) is 0 Å². The van der Waals surface area contributed by atoms with Gasteiger partial charge in [0.05, 0.1) is 4.90 Å². The molecule has 1 saturated heterocycles. The highest BCUT2D eigenvalue weighted by molar-refractivity contribution is 7.89. The van der Waals surface area contributed by atoms with E-state index in [1.54, 1.807) is 0 Å². The van der Waals surface area contributed by atoms with Gasteiger partial charge >= 0.3 is 0 Å². The lowest BCUT2D eigenvalue weighted by Crippen LogP contribution is -2.50. The van der Waals surface area contributed by atoms with Crippen LogP contribution in [0.3, 0.4) is 0 Å². The van der Waals surface area contributed by atoms with Crippen LogP contribution in [0.5, 0.6) is 0 Å². The van der Waals surface area contributed by atoms with Gasteiger partial charge in [0, 0.05) is 26.2 Å². The van der Waals surface area contributed by atoms with Crippen molar-refractivity contribution in [1.82, 2.24) is 9.21 Å². The molecule has 21 heavy (non-hydrogen) atoms. The molecule has 0 N–H and O–H groups in total. The van der Waals surface area contributed by atoms with Crippen molar-refractivity contribution in [1.29, 1.82) is 0 Å². The van der Waals surface area contributed by atoms with E-state index in [2.05, 4.69) is 6.58 Å². The Morgan fingerprint density at radius 3 is 2.29 bits per heavy atom. The molecule has 0 aliphatic carbocycles. The fraction of sp³-hybridized carbons (Fsp3) is 0.308. The van der Waals surface area contributed by atoms with Gasteiger partial charge in [-0.2, -0.15) is 4.31 Å². The molecular formula is C13H14F2N2O3S. The minimum absolute atomic E-state index is 0.0981. The summed E-state index contributed by atoms with van der Waals surface area (Å²) in [5.74, 6) is -2.58. The molecule has 1 heterocycles. The van der Waals surface area contributed by atoms with E-state index in [0.717, 1.165) is 16.4 Å². The summed E-state index contributed by atoms with van der Waals surface area (Å²) in [5, 5.41) is 0. The van der Waals surface area contributed by atoms with Crippen molar-refractivity contribution in [2.45, 2.75) is 4.90 Å². The first-order chi connectivity index (χ1) is 9.86. The Hall–Kier alpha value is -1.80. The van der Waals surface area contributed by atoms with Crippen LogP contribution < -0.4 is 0 Å². The summed E-state index contributed by atoms with van der Waals surface area (Å²) in [6.07, 6.45) is 1.17. The normalized spacial score (nSPS) is 16.8. The molecule has 0 spiro atoms. The molecule has 1 aromatic carbocycles. The highest BCUT2D eigenvalue weighted by Gasteiger charge is 2.30. The predicted octanol–water partition coefficient (Wildman–Crippen LogP) is 0.984. The summed E-state index contributed by atoms with van der Waals surface area (Å²) in [6.45, 7) is 4.02. The SMILES string of the molecule is C=CC(=O)N1CCN(S(=O)(=O)c2ccc(F)c(F)c2)CC1. The van der Waals surface area contributed by atoms with Crippen LogP contribution in [0.1, 0.15) is 0 Å². The number of nitrogens with zero attached hydrogens (tertiary/aromatic N) is 2. The van der Waals surface area contributed by atoms with Crippen LogP contribution in [0.25, 0.3) is 0 Å². The third-order valence-electron chi connectivity index (χ3n) is 3.25. The lowest BCUT2D eigenvalue weighted by atomic mass is 10.3. The van der Waals surface area contributed by atoms with Crippen LogP contribution in [0, 0.1) is 11.6 Å². The Balaban J connectivity index is 2.16. The number of carbonyl (C=O) groups is 1. The molecule has 1 amide bonds. The summed E-state index contributed by atoms with van der Waals surface area (Å²) in [5.41, 5.74) is 0. The summed E-state index contributed by atoms with van der Waals surface area (Å²) in [6, 6.07) is 2.46. The summed E-state index contributed by atoms with van der Waals surface area (Å²) in [7, 11) is -3.89. The second kappa shape index (κ2) is 5.90. The molecule has 0 unspecified atom stereocenters. The van der Waals surface area contributed by atoms with Crippen LogP contribution in [0.2, 0.25) is 0 Å². The smallest absolute Gasteiger partial charge is 0.246 e. The number of carbonyl (C=O) groups excluding carboxylic acids is 1. The third kappa shape index (κ3) is 3.11. The fourth-order valence-electron chi connectivity index (χ4n) is 2.06. The first kappa shape index (κ1) is 15.6. The maximum atomic E-state index is 13.2. The molecule has 114 valence electrons. The monoisotopic (exact) mass is 316 g/mol. The Morgan fingerprint density at radius 1 is 1.14 bits per heavy atom. The third-order valence-corrected chi connectivity index (χ3v) is 5.15. The van der Waals surface area contributed by atoms with E-state index in [4.69, 9.17) is 0 Å². The molecule has 0 bridgehead atoms. The van der Waals surface area contributed by atoms with Gasteiger partial charge in [-0.3, -0.25) is 4.79 Å². The second-order valence-corrected chi connectivity index (χ2v) is 6.45. The van der Waals surface area contributed by atoms with Crippen molar-refractivity contribution in [3.63, 3.8) is 0 Å². The van der Waals surface area contributed by atoms with Crippen molar-refractivity contribution in [3.8, 4) is 0 Å². The van der Waals surface area contributed by atoms with Gasteiger partial charge in [0.1, 0.15) is 0 Å². The number of hydrogen-bond donors (Lipinski definition) is 0. The summed E-state index contributed by atoms with van der Waals surface area (Å²) >= 11 is 0. The molecule has 1 aliphatic heterocycles. The van der Waals surface area contributed by atoms with Crippen LogP contribution in [-0.2, 0) is 14.8 Å². The molecule has 0 saturated carbocycles. The molecule has 1 aromatic rings. The first-order valence-electron chi connectivity index (χ1n) is 6.23. The number of hydrogen-bond acceptors (Lipinski definition) is 3. The van der Waals surface area contributed by atoms with Crippen LogP contribution in [0.4, 0.5) is 8.78 Å². The Labute approximate surface area is 121 Å². The van der Waals surface area contributed by atoms with Crippen molar-refractivity contribution in [2.75, 3.05) is 26.2 Å². The number of rotatable bonds is 3. The number of benzene rings is 1. The van der Waals surface area contributed by atoms with Crippen molar-refractivity contribution < 1.29 is 22.0 Å². The van der Waals surface area contributed by atoms with Gasteiger partial charge in [-0.05, 0) is 24.3 Å². The maximum absolute atomic E-state index is 13.2. The average Bonchev–Trinajstić information content (AvgIpc) is 2.49. The van der Waals surface area contributed by atoms with Crippen molar-refractivity contribution in [2.24, 2.45) is 0 Å². The van der Waals surface area contributed by atoms with E-state index in [1.165, 1.54) is 11.0 Å². The molecular weight excluding hydrogens is 302 g/mol. The van der Waals surface area contributed by atoms with Gasteiger partial charge in [-0.1, -0.05) is 6.58 Å². The van der Waals surface area contributed by atoms with E-state index in [1.807, 2.05) is 0 Å². The zero-order valence-corrected chi connectivity index (χ0v) is 11.9. The number of sulfonamides is 1. The van der Waals surface area contributed by atoms with Gasteiger partial charge in [-0.25, -0.2) is 17.2 Å². The van der Waals surface area contributed by atoms with E-state index in [9.17, 15) is 22.0 Å². The van der Waals surface area contributed by atoms with Gasteiger partial charge in [0.25, 0.3) is 0 Å². The molecule has 0 radical (unpaired) electrons. The highest BCUT2D eigenvalue weighted by Crippen LogP contribution is 2.19. The van der Waals surface area contributed by atoms with E-state index >= 15 is 0 Å². The zero-order valence-electron chi connectivity index (χ0n) is 11.1. The van der Waals surface area contributed by atoms with Crippen LogP contribution in [-0.4, -0.2) is 49.7 Å². The topological polar surface area (TPSA) is 57.7 Å². The first-order valence-corrected chi connectivity index (χ1v) is 7.67. The molecule has 8 heteroatoms. The molecule has 0 atom stereocenters. The highest BCUT2D eigenvalue weighted by atomic mass is 32.2. The van der Waals surface area contributed by atoms with Gasteiger partial charge in [0.15, 0.2) is 11.6 Å².